The molecular formula is C4H4N6S2. The van der Waals surface area contributed by atoms with E-state index < -0.39 is 0 Å². The Hall–Kier alpha value is -1.15. The van der Waals surface area contributed by atoms with Crippen LogP contribution < -0.4 is 0 Å². The number of tetrazole rings is 1. The van der Waals surface area contributed by atoms with Gasteiger partial charge in [-0.25, -0.2) is 4.68 Å². The summed E-state index contributed by atoms with van der Waals surface area (Å²) in [5.74, 6) is 0. The summed E-state index contributed by atoms with van der Waals surface area (Å²) in [4.78, 5) is 0. The highest BCUT2D eigenvalue weighted by Crippen LogP contribution is 1.98. The molecule has 0 atom stereocenters. The maximum Gasteiger partial charge on any atom is 0.238 e. The summed E-state index contributed by atoms with van der Waals surface area (Å²) in [7, 11) is 0. The molecule has 62 valence electrons. The van der Waals surface area contributed by atoms with Gasteiger partial charge in [0.25, 0.3) is 0 Å². The molecule has 0 aliphatic carbocycles. The van der Waals surface area contributed by atoms with Crippen molar-refractivity contribution in [1.29, 1.82) is 0 Å². The molecule has 1 N–H and O–H groups in total. The molecule has 2 heterocycles. The zero-order valence-corrected chi connectivity index (χ0v) is 7.47. The van der Waals surface area contributed by atoms with Crippen molar-refractivity contribution >= 4 is 23.8 Å². The van der Waals surface area contributed by atoms with Gasteiger partial charge in [0.1, 0.15) is 0 Å². The summed E-state index contributed by atoms with van der Waals surface area (Å²) in [5, 5.41) is 15.5. The number of nitrogens with one attached hydrogen (secondary N) is 1. The minimum atomic E-state index is 0.419. The van der Waals surface area contributed by atoms with Crippen molar-refractivity contribution in [2.45, 2.75) is 6.54 Å². The first kappa shape index (κ1) is 7.50. The van der Waals surface area contributed by atoms with Crippen LogP contribution in [0.3, 0.4) is 0 Å². The maximum atomic E-state index is 4.87. The number of hydrogen-bond donors (Lipinski definition) is 1. The Morgan fingerprint density at radius 2 is 2.50 bits per heavy atom. The lowest BCUT2D eigenvalue weighted by molar-refractivity contribution is 0.630. The Morgan fingerprint density at radius 1 is 1.58 bits per heavy atom. The van der Waals surface area contributed by atoms with Crippen LogP contribution in [-0.4, -0.2) is 29.8 Å². The third-order valence-corrected chi connectivity index (χ3v) is 2.11. The Morgan fingerprint density at radius 3 is 3.08 bits per heavy atom. The highest BCUT2D eigenvalue weighted by atomic mass is 32.1. The molecule has 0 bridgehead atoms. The average Bonchev–Trinajstić information content (AvgIpc) is 2.65. The van der Waals surface area contributed by atoms with Crippen LogP contribution in [0.2, 0.25) is 0 Å². The molecule has 6 nitrogen and oxygen atoms in total. The molecule has 12 heavy (non-hydrogen) atoms. The smallest absolute Gasteiger partial charge is 0.236 e. The van der Waals surface area contributed by atoms with Gasteiger partial charge in [0, 0.05) is 5.38 Å². The Labute approximate surface area is 76.4 Å². The van der Waals surface area contributed by atoms with E-state index in [0.29, 0.717) is 11.3 Å². The van der Waals surface area contributed by atoms with Gasteiger partial charge in [-0.2, -0.15) is 5.21 Å². The van der Waals surface area contributed by atoms with Gasteiger partial charge < -0.3 is 0 Å². The van der Waals surface area contributed by atoms with Crippen molar-refractivity contribution in [3.05, 3.63) is 15.8 Å². The highest BCUT2D eigenvalue weighted by molar-refractivity contribution is 7.71. The van der Waals surface area contributed by atoms with Gasteiger partial charge in [-0.05, 0) is 23.8 Å². The quantitative estimate of drug-likeness (QED) is 0.703. The van der Waals surface area contributed by atoms with Crippen LogP contribution in [-0.2, 0) is 6.54 Å². The fourth-order valence-electron chi connectivity index (χ4n) is 0.734. The lowest BCUT2D eigenvalue weighted by Crippen LogP contribution is -2.02. The van der Waals surface area contributed by atoms with Crippen LogP contribution in [0, 0.1) is 4.77 Å². The molecule has 0 unspecified atom stereocenters. The van der Waals surface area contributed by atoms with E-state index in [9.17, 15) is 0 Å². The summed E-state index contributed by atoms with van der Waals surface area (Å²) >= 11 is 6.18. The molecule has 0 aliphatic heterocycles. The van der Waals surface area contributed by atoms with Crippen molar-refractivity contribution < 1.29 is 0 Å². The molecule has 0 aliphatic rings. The predicted octanol–water partition coefficient (Wildman–Crippen LogP) is 0.235. The molecule has 0 spiro atoms. The third-order valence-electron chi connectivity index (χ3n) is 1.26. The monoisotopic (exact) mass is 200 g/mol. The van der Waals surface area contributed by atoms with E-state index in [4.69, 9.17) is 12.2 Å². The third kappa shape index (κ3) is 1.38. The van der Waals surface area contributed by atoms with E-state index in [0.717, 1.165) is 5.69 Å². The average molecular weight is 200 g/mol. The SMILES string of the molecule is S=c1nn[nH]n1Cc1csnn1. The lowest BCUT2D eigenvalue weighted by atomic mass is 10.5. The minimum Gasteiger partial charge on any atom is -0.236 e. The molecule has 2 rings (SSSR count). The Kier molecular flexibility index (Phi) is 1.92. The number of rotatable bonds is 2. The summed E-state index contributed by atoms with van der Waals surface area (Å²) < 4.78 is 5.76. The number of nitrogens with zero attached hydrogens (tertiary/aromatic N) is 5. The van der Waals surface area contributed by atoms with Gasteiger partial charge in [0.05, 0.1) is 12.2 Å². The van der Waals surface area contributed by atoms with Crippen LogP contribution in [0.4, 0.5) is 0 Å². The second kappa shape index (κ2) is 3.07. The molecule has 0 saturated heterocycles. The van der Waals surface area contributed by atoms with Crippen molar-refractivity contribution in [2.75, 3.05) is 0 Å². The van der Waals surface area contributed by atoms with E-state index in [1.165, 1.54) is 11.5 Å². The van der Waals surface area contributed by atoms with Gasteiger partial charge in [-0.1, -0.05) is 14.8 Å². The van der Waals surface area contributed by atoms with Crippen LogP contribution in [0.15, 0.2) is 5.38 Å². The van der Waals surface area contributed by atoms with Gasteiger partial charge >= 0.3 is 0 Å². The zero-order valence-electron chi connectivity index (χ0n) is 5.84. The first-order valence-corrected chi connectivity index (χ1v) is 4.34. The summed E-state index contributed by atoms with van der Waals surface area (Å²) in [5.41, 5.74) is 0.849. The molecule has 2 aromatic rings. The normalized spacial score (nSPS) is 10.3. The van der Waals surface area contributed by atoms with Gasteiger partial charge in [0.15, 0.2) is 0 Å². The molecule has 0 fully saturated rings. The highest BCUT2D eigenvalue weighted by Gasteiger charge is 1.99. The van der Waals surface area contributed by atoms with E-state index >= 15 is 0 Å². The fourth-order valence-corrected chi connectivity index (χ4v) is 1.32. The van der Waals surface area contributed by atoms with E-state index in [1.807, 2.05) is 5.38 Å². The number of aromatic amines is 1. The Balaban J connectivity index is 2.25. The van der Waals surface area contributed by atoms with Crippen LogP contribution >= 0.6 is 23.8 Å². The molecular weight excluding hydrogens is 196 g/mol. The van der Waals surface area contributed by atoms with Gasteiger partial charge in [0.2, 0.25) is 4.77 Å². The molecule has 0 saturated carbocycles. The number of hydrogen-bond acceptors (Lipinski definition) is 6. The van der Waals surface area contributed by atoms with E-state index in [1.54, 1.807) is 4.68 Å². The van der Waals surface area contributed by atoms with E-state index in [-0.39, 0.29) is 0 Å². The van der Waals surface area contributed by atoms with Crippen LogP contribution in [0.1, 0.15) is 5.69 Å². The van der Waals surface area contributed by atoms with Crippen molar-refractivity contribution in [2.24, 2.45) is 0 Å². The second-order valence-electron chi connectivity index (χ2n) is 2.06. The largest absolute Gasteiger partial charge is 0.238 e. The van der Waals surface area contributed by atoms with Crippen molar-refractivity contribution in [1.82, 2.24) is 29.8 Å². The summed E-state index contributed by atoms with van der Waals surface area (Å²) in [6.07, 6.45) is 0. The molecule has 0 amide bonds. The first-order valence-electron chi connectivity index (χ1n) is 3.10. The molecule has 0 aromatic carbocycles. The van der Waals surface area contributed by atoms with Crippen LogP contribution in [0.25, 0.3) is 0 Å². The molecule has 8 heteroatoms. The lowest BCUT2D eigenvalue weighted by Gasteiger charge is -1.93. The van der Waals surface area contributed by atoms with Crippen LogP contribution in [0.5, 0.6) is 0 Å². The van der Waals surface area contributed by atoms with Crippen molar-refractivity contribution in [3.8, 4) is 0 Å². The molecule has 0 radical (unpaired) electrons. The van der Waals surface area contributed by atoms with E-state index in [2.05, 4.69) is 25.1 Å². The summed E-state index contributed by atoms with van der Waals surface area (Å²) in [6, 6.07) is 0. The minimum absolute atomic E-state index is 0.419. The number of H-pyrrole nitrogens is 1. The Bertz CT molecular complexity index is 399. The topological polar surface area (TPSA) is 72.3 Å². The first-order chi connectivity index (χ1) is 5.86. The second-order valence-corrected chi connectivity index (χ2v) is 3.04. The fraction of sp³-hybridized carbons (Fsp3) is 0.250. The van der Waals surface area contributed by atoms with Crippen molar-refractivity contribution in [3.63, 3.8) is 0 Å². The standard InChI is InChI=1S/C4H4N6S2/c11-4-6-7-8-10(4)1-3-2-12-9-5-3/h2H,1H2,(H,6,8,11). The predicted molar refractivity (Wildman–Crippen MR) is 44.2 cm³/mol. The zero-order chi connectivity index (χ0) is 8.39. The number of aromatic nitrogens is 6. The van der Waals surface area contributed by atoms with Gasteiger partial charge in [-0.3, -0.25) is 0 Å². The molecule has 2 aromatic heterocycles. The maximum absolute atomic E-state index is 4.87. The van der Waals surface area contributed by atoms with Gasteiger partial charge in [-0.15, -0.1) is 5.10 Å². The summed E-state index contributed by atoms with van der Waals surface area (Å²) in [6.45, 7) is 0.544.